The van der Waals surface area contributed by atoms with E-state index in [1.54, 1.807) is 14.2 Å². The van der Waals surface area contributed by atoms with Crippen molar-refractivity contribution in [3.8, 4) is 0 Å². The fourth-order valence-corrected chi connectivity index (χ4v) is 4.62. The minimum atomic E-state index is 0.0225. The normalized spacial score (nSPS) is 43.1. The van der Waals surface area contributed by atoms with Crippen molar-refractivity contribution in [3.63, 3.8) is 0 Å². The zero-order valence-corrected chi connectivity index (χ0v) is 14.7. The molecule has 7 atom stereocenters. The van der Waals surface area contributed by atoms with Crippen LogP contribution in [0.4, 0.5) is 0 Å². The van der Waals surface area contributed by atoms with E-state index >= 15 is 0 Å². The number of ether oxygens (including phenoxy) is 3. The van der Waals surface area contributed by atoms with Crippen LogP contribution >= 0.6 is 0 Å². The first-order valence-electron chi connectivity index (χ1n) is 9.10. The lowest BCUT2D eigenvalue weighted by Gasteiger charge is -2.46. The highest BCUT2D eigenvalue weighted by Crippen LogP contribution is 2.34. The number of methoxy groups -OCH3 is 2. The molecule has 0 aromatic heterocycles. The van der Waals surface area contributed by atoms with Gasteiger partial charge in [0.25, 0.3) is 0 Å². The van der Waals surface area contributed by atoms with Crippen molar-refractivity contribution in [2.24, 2.45) is 17.6 Å². The number of nitrogens with one attached hydrogen (secondary N) is 2. The quantitative estimate of drug-likeness (QED) is 0.624. The smallest absolute Gasteiger partial charge is 0.226 e. The number of rotatable bonds is 5. The van der Waals surface area contributed by atoms with Crippen molar-refractivity contribution >= 4 is 5.91 Å². The van der Waals surface area contributed by atoms with Crippen LogP contribution in [0.3, 0.4) is 0 Å². The van der Waals surface area contributed by atoms with Crippen molar-refractivity contribution in [2.75, 3.05) is 21.0 Å². The molecule has 7 nitrogen and oxygen atoms in total. The summed E-state index contributed by atoms with van der Waals surface area (Å²) in [6.07, 6.45) is 5.92. The van der Waals surface area contributed by atoms with Gasteiger partial charge >= 0.3 is 0 Å². The Morgan fingerprint density at radius 2 is 1.92 bits per heavy atom. The van der Waals surface area contributed by atoms with Crippen molar-refractivity contribution in [1.82, 2.24) is 10.6 Å². The summed E-state index contributed by atoms with van der Waals surface area (Å²) in [4.78, 5) is 12.6. The maximum Gasteiger partial charge on any atom is 0.226 e. The van der Waals surface area contributed by atoms with Crippen molar-refractivity contribution in [2.45, 2.75) is 69.0 Å². The second-order valence-corrected chi connectivity index (χ2v) is 7.26. The first-order chi connectivity index (χ1) is 11.7. The lowest BCUT2D eigenvalue weighted by atomic mass is 9.77. The van der Waals surface area contributed by atoms with Gasteiger partial charge in [-0.25, -0.2) is 0 Å². The van der Waals surface area contributed by atoms with Crippen LogP contribution in [0.25, 0.3) is 0 Å². The van der Waals surface area contributed by atoms with Crippen LogP contribution in [0.2, 0.25) is 0 Å². The molecule has 3 fully saturated rings. The van der Waals surface area contributed by atoms with E-state index in [9.17, 15) is 4.79 Å². The fourth-order valence-electron chi connectivity index (χ4n) is 4.62. The molecule has 1 aliphatic heterocycles. The van der Waals surface area contributed by atoms with Gasteiger partial charge in [0.2, 0.25) is 5.91 Å². The van der Waals surface area contributed by atoms with Crippen molar-refractivity contribution in [3.05, 3.63) is 0 Å². The van der Waals surface area contributed by atoms with Gasteiger partial charge in [-0.15, -0.1) is 0 Å². The SMILES string of the molecule is COC1CCC2NC(C3CCC(OCN)C(OC)C3)NC(=O)C2C1. The highest BCUT2D eigenvalue weighted by molar-refractivity contribution is 5.80. The molecule has 138 valence electrons. The van der Waals surface area contributed by atoms with Crippen molar-refractivity contribution < 1.29 is 19.0 Å². The molecule has 1 heterocycles. The molecule has 7 unspecified atom stereocenters. The Morgan fingerprint density at radius 1 is 1.08 bits per heavy atom. The molecule has 0 aromatic rings. The van der Waals surface area contributed by atoms with Gasteiger partial charge in [0.15, 0.2) is 0 Å². The molecular formula is C17H31N3O4. The molecule has 0 bridgehead atoms. The van der Waals surface area contributed by atoms with Gasteiger partial charge in [0.1, 0.15) is 0 Å². The van der Waals surface area contributed by atoms with Gasteiger partial charge in [-0.3, -0.25) is 10.1 Å². The molecule has 3 rings (SSSR count). The summed E-state index contributed by atoms with van der Waals surface area (Å²) in [5.41, 5.74) is 5.51. The van der Waals surface area contributed by atoms with Gasteiger partial charge in [-0.2, -0.15) is 0 Å². The first-order valence-corrected chi connectivity index (χ1v) is 9.10. The minimum absolute atomic E-state index is 0.0225. The molecule has 24 heavy (non-hydrogen) atoms. The molecule has 3 aliphatic rings. The van der Waals surface area contributed by atoms with E-state index in [0.717, 1.165) is 38.5 Å². The summed E-state index contributed by atoms with van der Waals surface area (Å²) in [7, 11) is 3.45. The number of nitrogens with two attached hydrogens (primary N) is 1. The summed E-state index contributed by atoms with van der Waals surface area (Å²) >= 11 is 0. The predicted octanol–water partition coefficient (Wildman–Crippen LogP) is 0.332. The zero-order valence-electron chi connectivity index (χ0n) is 14.7. The Labute approximate surface area is 144 Å². The molecule has 0 spiro atoms. The minimum Gasteiger partial charge on any atom is -0.381 e. The third-order valence-electron chi connectivity index (χ3n) is 6.02. The van der Waals surface area contributed by atoms with Crippen LogP contribution in [0.5, 0.6) is 0 Å². The fraction of sp³-hybridized carbons (Fsp3) is 0.941. The highest BCUT2D eigenvalue weighted by Gasteiger charge is 2.44. The first kappa shape index (κ1) is 18.1. The lowest BCUT2D eigenvalue weighted by molar-refractivity contribution is -0.136. The Kier molecular flexibility index (Phi) is 6.10. The maximum absolute atomic E-state index is 12.6. The molecule has 2 aliphatic carbocycles. The van der Waals surface area contributed by atoms with Crippen LogP contribution in [-0.4, -0.2) is 57.4 Å². The number of carbonyl (C=O) groups is 1. The number of hydrogen-bond donors (Lipinski definition) is 3. The Morgan fingerprint density at radius 3 is 2.62 bits per heavy atom. The van der Waals surface area contributed by atoms with Crippen LogP contribution in [0, 0.1) is 11.8 Å². The number of amides is 1. The van der Waals surface area contributed by atoms with E-state index in [1.165, 1.54) is 0 Å². The number of carbonyl (C=O) groups excluding carboxylic acids is 1. The standard InChI is InChI=1S/C17H31N3O4/c1-22-11-4-5-13-12(8-11)17(21)20-16(19-13)10-3-6-14(24-9-18)15(7-10)23-2/h10-16,19H,3-9,18H2,1-2H3,(H,20,21). The predicted molar refractivity (Wildman–Crippen MR) is 89.1 cm³/mol. The lowest BCUT2D eigenvalue weighted by Crippen LogP contribution is -2.66. The van der Waals surface area contributed by atoms with Crippen LogP contribution in [0.1, 0.15) is 38.5 Å². The molecule has 4 N–H and O–H groups in total. The largest absolute Gasteiger partial charge is 0.381 e. The van der Waals surface area contributed by atoms with Crippen molar-refractivity contribution in [1.29, 1.82) is 0 Å². The third-order valence-corrected chi connectivity index (χ3v) is 6.02. The van der Waals surface area contributed by atoms with Gasteiger partial charge in [-0.05, 0) is 44.4 Å². The Bertz CT molecular complexity index is 436. The molecule has 1 saturated heterocycles. The van der Waals surface area contributed by atoms with Crippen LogP contribution in [0.15, 0.2) is 0 Å². The average molecular weight is 341 g/mol. The number of fused-ring (bicyclic) bond motifs is 1. The second-order valence-electron chi connectivity index (χ2n) is 7.26. The van der Waals surface area contributed by atoms with Gasteiger partial charge < -0.3 is 25.3 Å². The second kappa shape index (κ2) is 8.10. The van der Waals surface area contributed by atoms with E-state index in [-0.39, 0.29) is 49.1 Å². The molecule has 2 saturated carbocycles. The van der Waals surface area contributed by atoms with Gasteiger partial charge in [0, 0.05) is 20.3 Å². The van der Waals surface area contributed by atoms with E-state index < -0.39 is 0 Å². The zero-order chi connectivity index (χ0) is 17.1. The maximum atomic E-state index is 12.6. The van der Waals surface area contributed by atoms with Gasteiger partial charge in [0.05, 0.1) is 37.1 Å². The van der Waals surface area contributed by atoms with Crippen LogP contribution < -0.4 is 16.4 Å². The summed E-state index contributed by atoms with van der Waals surface area (Å²) in [6, 6.07) is 0.258. The average Bonchev–Trinajstić information content (AvgIpc) is 2.62. The summed E-state index contributed by atoms with van der Waals surface area (Å²) in [6.45, 7) is 0.220. The monoisotopic (exact) mass is 341 g/mol. The van der Waals surface area contributed by atoms with Gasteiger partial charge in [-0.1, -0.05) is 0 Å². The molecule has 0 radical (unpaired) electrons. The van der Waals surface area contributed by atoms with E-state index in [1.807, 2.05) is 0 Å². The Balaban J connectivity index is 1.60. The van der Waals surface area contributed by atoms with E-state index in [2.05, 4.69) is 10.6 Å². The number of hydrogen-bond acceptors (Lipinski definition) is 6. The molecular weight excluding hydrogens is 310 g/mol. The highest BCUT2D eigenvalue weighted by atomic mass is 16.5. The summed E-state index contributed by atoms with van der Waals surface area (Å²) < 4.78 is 16.6. The topological polar surface area (TPSA) is 94.8 Å². The Hall–Kier alpha value is -0.730. The summed E-state index contributed by atoms with van der Waals surface area (Å²) in [5.74, 6) is 0.549. The molecule has 0 aromatic carbocycles. The van der Waals surface area contributed by atoms with E-state index in [4.69, 9.17) is 19.9 Å². The van der Waals surface area contributed by atoms with Crippen LogP contribution in [-0.2, 0) is 19.0 Å². The van der Waals surface area contributed by atoms with E-state index in [0.29, 0.717) is 5.92 Å². The third kappa shape index (κ3) is 3.75. The molecule has 1 amide bonds. The summed E-state index contributed by atoms with van der Waals surface area (Å²) in [5, 5.41) is 6.88. The molecule has 7 heteroatoms.